The standard InChI is InChI=1S/C25H21NO2S/c1-25(2,3)21-15-17(14-16-8-4-5-9-18(16)21)23-24-20(12-13-26-23)19-10-6-7-11-22(19)29(24,27)28/h4-15H,1-3H3. The van der Waals surface area contributed by atoms with E-state index in [0.717, 1.165) is 22.1 Å². The minimum Gasteiger partial charge on any atom is -0.255 e. The van der Waals surface area contributed by atoms with Gasteiger partial charge in [-0.15, -0.1) is 0 Å². The van der Waals surface area contributed by atoms with Crippen LogP contribution < -0.4 is 0 Å². The smallest absolute Gasteiger partial charge is 0.209 e. The van der Waals surface area contributed by atoms with Crippen LogP contribution in [0.1, 0.15) is 26.3 Å². The molecule has 0 spiro atoms. The lowest BCUT2D eigenvalue weighted by atomic mass is 9.82. The molecule has 4 heteroatoms. The number of hydrogen-bond acceptors (Lipinski definition) is 3. The van der Waals surface area contributed by atoms with Gasteiger partial charge in [0.15, 0.2) is 0 Å². The van der Waals surface area contributed by atoms with Crippen LogP contribution in [-0.2, 0) is 15.3 Å². The summed E-state index contributed by atoms with van der Waals surface area (Å²) in [4.78, 5) is 5.23. The molecule has 0 saturated carbocycles. The van der Waals surface area contributed by atoms with Crippen molar-refractivity contribution in [2.75, 3.05) is 0 Å². The lowest BCUT2D eigenvalue weighted by Crippen LogP contribution is -2.12. The van der Waals surface area contributed by atoms with Gasteiger partial charge in [0.1, 0.15) is 4.90 Å². The summed E-state index contributed by atoms with van der Waals surface area (Å²) < 4.78 is 26.8. The van der Waals surface area contributed by atoms with Gasteiger partial charge >= 0.3 is 0 Å². The predicted molar refractivity (Wildman–Crippen MR) is 117 cm³/mol. The van der Waals surface area contributed by atoms with Gasteiger partial charge in [-0.2, -0.15) is 0 Å². The van der Waals surface area contributed by atoms with Gasteiger partial charge in [-0.1, -0.05) is 63.2 Å². The summed E-state index contributed by atoms with van der Waals surface area (Å²) in [5.41, 5.74) is 3.93. The Balaban J connectivity index is 1.86. The summed E-state index contributed by atoms with van der Waals surface area (Å²) in [5, 5.41) is 2.27. The van der Waals surface area contributed by atoms with Crippen LogP contribution in [0.15, 0.2) is 82.7 Å². The first-order chi connectivity index (χ1) is 13.8. The van der Waals surface area contributed by atoms with Crippen molar-refractivity contribution in [3.63, 3.8) is 0 Å². The summed E-state index contributed by atoms with van der Waals surface area (Å²) in [6, 6.07) is 21.4. The molecule has 4 aromatic rings. The molecule has 0 atom stereocenters. The van der Waals surface area contributed by atoms with Crippen LogP contribution in [0.25, 0.3) is 33.2 Å². The second-order valence-electron chi connectivity index (χ2n) is 8.53. The molecule has 5 rings (SSSR count). The number of sulfone groups is 1. The molecule has 0 amide bonds. The maximum Gasteiger partial charge on any atom is 0.209 e. The van der Waals surface area contributed by atoms with E-state index in [1.807, 2.05) is 30.3 Å². The molecule has 0 radical (unpaired) electrons. The monoisotopic (exact) mass is 399 g/mol. The fourth-order valence-electron chi connectivity index (χ4n) is 4.24. The third-order valence-corrected chi connectivity index (χ3v) is 7.47. The first-order valence-electron chi connectivity index (χ1n) is 9.65. The number of hydrogen-bond donors (Lipinski definition) is 0. The molecule has 1 aliphatic heterocycles. The summed E-state index contributed by atoms with van der Waals surface area (Å²) in [7, 11) is -3.61. The van der Waals surface area contributed by atoms with Gasteiger partial charge in [0.25, 0.3) is 0 Å². The van der Waals surface area contributed by atoms with Crippen molar-refractivity contribution < 1.29 is 8.42 Å². The number of fused-ring (bicyclic) bond motifs is 4. The molecule has 0 bridgehead atoms. The minimum absolute atomic E-state index is 0.0879. The molecular weight excluding hydrogens is 378 g/mol. The Morgan fingerprint density at radius 2 is 1.55 bits per heavy atom. The van der Waals surface area contributed by atoms with E-state index in [9.17, 15) is 8.42 Å². The van der Waals surface area contributed by atoms with Crippen LogP contribution >= 0.6 is 0 Å². The average Bonchev–Trinajstić information content (AvgIpc) is 2.94. The Kier molecular flexibility index (Phi) is 3.74. The van der Waals surface area contributed by atoms with Gasteiger partial charge in [-0.25, -0.2) is 8.42 Å². The van der Waals surface area contributed by atoms with Crippen LogP contribution in [0.4, 0.5) is 0 Å². The predicted octanol–water partition coefficient (Wildman–Crippen LogP) is 6.01. The Morgan fingerprint density at radius 3 is 2.34 bits per heavy atom. The van der Waals surface area contributed by atoms with Gasteiger partial charge in [0, 0.05) is 22.9 Å². The van der Waals surface area contributed by atoms with E-state index in [0.29, 0.717) is 15.5 Å². The number of nitrogens with zero attached hydrogens (tertiary/aromatic N) is 1. The second kappa shape index (κ2) is 6.01. The van der Waals surface area contributed by atoms with E-state index in [2.05, 4.69) is 44.0 Å². The maximum atomic E-state index is 13.4. The summed E-state index contributed by atoms with van der Waals surface area (Å²) >= 11 is 0. The molecular formula is C25H21NO2S. The van der Waals surface area contributed by atoms with Crippen molar-refractivity contribution in [2.45, 2.75) is 36.0 Å². The molecule has 0 N–H and O–H groups in total. The largest absolute Gasteiger partial charge is 0.255 e. The molecule has 144 valence electrons. The highest BCUT2D eigenvalue weighted by Crippen LogP contribution is 2.47. The zero-order chi connectivity index (χ0) is 20.4. The molecule has 0 fully saturated rings. The Bertz CT molecular complexity index is 1400. The molecule has 2 heterocycles. The van der Waals surface area contributed by atoms with E-state index in [-0.39, 0.29) is 5.41 Å². The van der Waals surface area contributed by atoms with Gasteiger partial charge < -0.3 is 0 Å². The first-order valence-corrected chi connectivity index (χ1v) is 11.1. The lowest BCUT2D eigenvalue weighted by molar-refractivity contribution is 0.596. The number of benzene rings is 3. The SMILES string of the molecule is CC(C)(C)c1cc(-c2nccc3c2S(=O)(=O)c2ccccc2-3)cc2ccccc12. The van der Waals surface area contributed by atoms with E-state index < -0.39 is 9.84 Å². The third-order valence-electron chi connectivity index (χ3n) is 5.58. The highest BCUT2D eigenvalue weighted by atomic mass is 32.2. The van der Waals surface area contributed by atoms with Crippen LogP contribution in [0, 0.1) is 0 Å². The Labute approximate surface area is 171 Å². The van der Waals surface area contributed by atoms with Gasteiger partial charge in [-0.3, -0.25) is 4.98 Å². The molecule has 1 aliphatic rings. The molecule has 3 nitrogen and oxygen atoms in total. The normalized spacial score (nSPS) is 14.6. The van der Waals surface area contributed by atoms with E-state index in [1.165, 1.54) is 10.9 Å². The van der Waals surface area contributed by atoms with Crippen molar-refractivity contribution >= 4 is 20.6 Å². The minimum atomic E-state index is -3.61. The van der Waals surface area contributed by atoms with Crippen molar-refractivity contribution in [3.05, 3.63) is 78.5 Å². The highest BCUT2D eigenvalue weighted by Gasteiger charge is 2.36. The Hall–Kier alpha value is -2.98. The topological polar surface area (TPSA) is 47.0 Å². The van der Waals surface area contributed by atoms with Gasteiger partial charge in [0.2, 0.25) is 9.84 Å². The maximum absolute atomic E-state index is 13.4. The first kappa shape index (κ1) is 18.1. The zero-order valence-corrected chi connectivity index (χ0v) is 17.4. The van der Waals surface area contributed by atoms with Crippen LogP contribution in [0.2, 0.25) is 0 Å². The Morgan fingerprint density at radius 1 is 0.828 bits per heavy atom. The zero-order valence-electron chi connectivity index (χ0n) is 16.6. The van der Waals surface area contributed by atoms with E-state index in [4.69, 9.17) is 0 Å². The quantitative estimate of drug-likeness (QED) is 0.347. The molecule has 29 heavy (non-hydrogen) atoms. The summed E-state index contributed by atoms with van der Waals surface area (Å²) in [6.07, 6.45) is 1.71. The fourth-order valence-corrected chi connectivity index (χ4v) is 6.08. The van der Waals surface area contributed by atoms with Crippen molar-refractivity contribution in [1.29, 1.82) is 0 Å². The number of rotatable bonds is 1. The molecule has 0 unspecified atom stereocenters. The van der Waals surface area contributed by atoms with Gasteiger partial charge in [-0.05, 0) is 46.0 Å². The third kappa shape index (κ3) is 2.63. The van der Waals surface area contributed by atoms with E-state index in [1.54, 1.807) is 24.4 Å². The average molecular weight is 400 g/mol. The van der Waals surface area contributed by atoms with Crippen LogP contribution in [0.3, 0.4) is 0 Å². The summed E-state index contributed by atoms with van der Waals surface area (Å²) in [5.74, 6) is 0. The second-order valence-corrected chi connectivity index (χ2v) is 10.4. The highest BCUT2D eigenvalue weighted by molar-refractivity contribution is 7.92. The molecule has 3 aromatic carbocycles. The number of pyridine rings is 1. The fraction of sp³-hybridized carbons (Fsp3) is 0.160. The molecule has 0 saturated heterocycles. The van der Waals surface area contributed by atoms with Gasteiger partial charge in [0.05, 0.1) is 10.6 Å². The van der Waals surface area contributed by atoms with Crippen LogP contribution in [0.5, 0.6) is 0 Å². The van der Waals surface area contributed by atoms with Crippen molar-refractivity contribution in [3.8, 4) is 22.4 Å². The van der Waals surface area contributed by atoms with Crippen molar-refractivity contribution in [2.24, 2.45) is 0 Å². The van der Waals surface area contributed by atoms with Crippen LogP contribution in [-0.4, -0.2) is 13.4 Å². The molecule has 1 aromatic heterocycles. The molecule has 0 aliphatic carbocycles. The summed E-state index contributed by atoms with van der Waals surface area (Å²) in [6.45, 7) is 6.52. The van der Waals surface area contributed by atoms with E-state index >= 15 is 0 Å². The number of aromatic nitrogens is 1. The lowest BCUT2D eigenvalue weighted by Gasteiger charge is -2.23. The van der Waals surface area contributed by atoms with Crippen molar-refractivity contribution in [1.82, 2.24) is 4.98 Å².